The first-order valence-corrected chi connectivity index (χ1v) is 8.95. The predicted octanol–water partition coefficient (Wildman–Crippen LogP) is 3.12. The zero-order valence-corrected chi connectivity index (χ0v) is 14.9. The van der Waals surface area contributed by atoms with Crippen molar-refractivity contribution in [1.82, 2.24) is 5.32 Å². The molecule has 142 valence electrons. The van der Waals surface area contributed by atoms with E-state index in [1.807, 2.05) is 12.1 Å². The number of para-hydroxylation sites is 2. The average molecular weight is 378 g/mol. The van der Waals surface area contributed by atoms with Crippen LogP contribution < -0.4 is 10.6 Å². The second-order valence-electron chi connectivity index (χ2n) is 6.57. The Kier molecular flexibility index (Phi) is 4.80. The molecule has 0 bridgehead atoms. The van der Waals surface area contributed by atoms with Crippen LogP contribution in [0.2, 0.25) is 0 Å². The molecule has 3 aromatic rings. The van der Waals surface area contributed by atoms with Crippen LogP contribution in [0.25, 0.3) is 11.0 Å². The van der Waals surface area contributed by atoms with E-state index in [0.717, 1.165) is 18.2 Å². The average Bonchev–Trinajstić information content (AvgIpc) is 3.40. The number of esters is 1. The Morgan fingerprint density at radius 2 is 1.79 bits per heavy atom. The highest BCUT2D eigenvalue weighted by Crippen LogP contribution is 2.22. The summed E-state index contributed by atoms with van der Waals surface area (Å²) in [6, 6.07) is 15.6. The van der Waals surface area contributed by atoms with Crippen molar-refractivity contribution in [2.24, 2.45) is 0 Å². The van der Waals surface area contributed by atoms with Gasteiger partial charge in [0.05, 0.1) is 11.3 Å². The molecular formula is C21H18N2O5. The van der Waals surface area contributed by atoms with Crippen LogP contribution in [0.1, 0.15) is 33.8 Å². The number of anilines is 1. The van der Waals surface area contributed by atoms with Gasteiger partial charge < -0.3 is 19.8 Å². The van der Waals surface area contributed by atoms with E-state index in [2.05, 4.69) is 10.6 Å². The monoisotopic (exact) mass is 378 g/mol. The van der Waals surface area contributed by atoms with Gasteiger partial charge in [-0.1, -0.05) is 30.3 Å². The van der Waals surface area contributed by atoms with Gasteiger partial charge in [-0.05, 0) is 37.1 Å². The van der Waals surface area contributed by atoms with Crippen molar-refractivity contribution in [2.45, 2.75) is 18.9 Å². The predicted molar refractivity (Wildman–Crippen MR) is 102 cm³/mol. The Balaban J connectivity index is 1.36. The molecule has 1 aliphatic carbocycles. The number of hydrogen-bond donors (Lipinski definition) is 2. The number of benzene rings is 2. The molecule has 7 nitrogen and oxygen atoms in total. The van der Waals surface area contributed by atoms with Gasteiger partial charge in [0.2, 0.25) is 5.76 Å². The molecule has 1 fully saturated rings. The van der Waals surface area contributed by atoms with E-state index in [-0.39, 0.29) is 17.7 Å². The number of fused-ring (bicyclic) bond motifs is 1. The highest BCUT2D eigenvalue weighted by molar-refractivity contribution is 6.04. The molecule has 28 heavy (non-hydrogen) atoms. The summed E-state index contributed by atoms with van der Waals surface area (Å²) in [5.74, 6) is -1.49. The van der Waals surface area contributed by atoms with Crippen molar-refractivity contribution in [3.05, 3.63) is 65.9 Å². The highest BCUT2D eigenvalue weighted by Gasteiger charge is 2.25. The Labute approximate surface area is 160 Å². The van der Waals surface area contributed by atoms with Crippen molar-refractivity contribution < 1.29 is 23.5 Å². The maximum absolute atomic E-state index is 12.3. The summed E-state index contributed by atoms with van der Waals surface area (Å²) in [7, 11) is 0. The lowest BCUT2D eigenvalue weighted by molar-refractivity contribution is -0.119. The third-order valence-electron chi connectivity index (χ3n) is 4.32. The van der Waals surface area contributed by atoms with Crippen molar-refractivity contribution in [2.75, 3.05) is 11.9 Å². The van der Waals surface area contributed by atoms with Crippen LogP contribution >= 0.6 is 0 Å². The Hall–Kier alpha value is -3.61. The third-order valence-corrected chi connectivity index (χ3v) is 4.32. The molecule has 1 saturated carbocycles. The van der Waals surface area contributed by atoms with Crippen LogP contribution in [0, 0.1) is 0 Å². The van der Waals surface area contributed by atoms with Gasteiger partial charge in [0.25, 0.3) is 11.8 Å². The SMILES string of the molecule is O=C(COC(=O)c1cc2ccccc2o1)Nc1ccccc1C(=O)NC1CC1. The molecule has 2 amide bonds. The maximum atomic E-state index is 12.3. The lowest BCUT2D eigenvalue weighted by Gasteiger charge is -2.11. The Morgan fingerprint density at radius 3 is 2.57 bits per heavy atom. The summed E-state index contributed by atoms with van der Waals surface area (Å²) in [5.41, 5.74) is 1.30. The first-order chi connectivity index (χ1) is 13.6. The van der Waals surface area contributed by atoms with E-state index in [0.29, 0.717) is 16.8 Å². The normalized spacial score (nSPS) is 13.1. The van der Waals surface area contributed by atoms with Gasteiger partial charge in [-0.2, -0.15) is 0 Å². The summed E-state index contributed by atoms with van der Waals surface area (Å²) < 4.78 is 10.4. The minimum Gasteiger partial charge on any atom is -0.450 e. The molecule has 4 rings (SSSR count). The molecule has 0 unspecified atom stereocenters. The molecule has 1 aromatic heterocycles. The summed E-state index contributed by atoms with van der Waals surface area (Å²) in [6.07, 6.45) is 1.94. The van der Waals surface area contributed by atoms with Gasteiger partial charge in [-0.15, -0.1) is 0 Å². The standard InChI is InChI=1S/C21H18N2O5/c24-19(12-27-21(26)18-11-13-5-1-4-8-17(13)28-18)23-16-7-3-2-6-15(16)20(25)22-14-9-10-14/h1-8,11,14H,9-10,12H2,(H,22,25)(H,23,24). The van der Waals surface area contributed by atoms with E-state index in [4.69, 9.17) is 9.15 Å². The zero-order chi connectivity index (χ0) is 19.5. The lowest BCUT2D eigenvalue weighted by Crippen LogP contribution is -2.27. The highest BCUT2D eigenvalue weighted by atomic mass is 16.5. The molecule has 0 atom stereocenters. The van der Waals surface area contributed by atoms with Crippen LogP contribution in [-0.2, 0) is 9.53 Å². The number of carbonyl (C=O) groups excluding carboxylic acids is 3. The summed E-state index contributed by atoms with van der Waals surface area (Å²) in [5, 5.41) is 6.26. The number of carbonyl (C=O) groups is 3. The van der Waals surface area contributed by atoms with Crippen molar-refractivity contribution in [1.29, 1.82) is 0 Å². The van der Waals surface area contributed by atoms with Crippen LogP contribution in [0.3, 0.4) is 0 Å². The second kappa shape index (κ2) is 7.56. The molecule has 0 aliphatic heterocycles. The van der Waals surface area contributed by atoms with Crippen molar-refractivity contribution in [3.8, 4) is 0 Å². The van der Waals surface area contributed by atoms with E-state index in [1.54, 1.807) is 42.5 Å². The summed E-state index contributed by atoms with van der Waals surface area (Å²) >= 11 is 0. The molecule has 0 radical (unpaired) electrons. The summed E-state index contributed by atoms with van der Waals surface area (Å²) in [4.78, 5) is 36.6. The number of hydrogen-bond acceptors (Lipinski definition) is 5. The number of rotatable bonds is 6. The smallest absolute Gasteiger partial charge is 0.374 e. The van der Waals surface area contributed by atoms with Gasteiger partial charge in [0, 0.05) is 11.4 Å². The first kappa shape index (κ1) is 17.8. The second-order valence-corrected chi connectivity index (χ2v) is 6.57. The largest absolute Gasteiger partial charge is 0.450 e. The van der Waals surface area contributed by atoms with Crippen molar-refractivity contribution in [3.63, 3.8) is 0 Å². The van der Waals surface area contributed by atoms with Crippen LogP contribution in [0.4, 0.5) is 5.69 Å². The third kappa shape index (κ3) is 4.03. The fourth-order valence-electron chi connectivity index (χ4n) is 2.75. The molecule has 7 heteroatoms. The lowest BCUT2D eigenvalue weighted by atomic mass is 10.1. The topological polar surface area (TPSA) is 97.6 Å². The maximum Gasteiger partial charge on any atom is 0.374 e. The van der Waals surface area contributed by atoms with E-state index in [1.165, 1.54) is 0 Å². The molecule has 1 aliphatic rings. The Morgan fingerprint density at radius 1 is 1.04 bits per heavy atom. The molecule has 2 aromatic carbocycles. The molecular weight excluding hydrogens is 360 g/mol. The van der Waals surface area contributed by atoms with Gasteiger partial charge >= 0.3 is 5.97 Å². The first-order valence-electron chi connectivity index (χ1n) is 8.95. The van der Waals surface area contributed by atoms with Crippen molar-refractivity contribution >= 4 is 34.4 Å². The summed E-state index contributed by atoms with van der Waals surface area (Å²) in [6.45, 7) is -0.492. The van der Waals surface area contributed by atoms with E-state index >= 15 is 0 Å². The quantitative estimate of drug-likeness (QED) is 0.642. The zero-order valence-electron chi connectivity index (χ0n) is 14.9. The van der Waals surface area contributed by atoms with Crippen LogP contribution in [-0.4, -0.2) is 30.4 Å². The minimum absolute atomic E-state index is 0.0261. The van der Waals surface area contributed by atoms with E-state index < -0.39 is 18.5 Å². The number of ether oxygens (including phenoxy) is 1. The fraction of sp³-hybridized carbons (Fsp3) is 0.190. The van der Waals surface area contributed by atoms with Gasteiger partial charge in [0.15, 0.2) is 6.61 Å². The van der Waals surface area contributed by atoms with Crippen LogP contribution in [0.15, 0.2) is 59.0 Å². The fourth-order valence-corrected chi connectivity index (χ4v) is 2.75. The minimum atomic E-state index is -0.730. The molecule has 0 spiro atoms. The van der Waals surface area contributed by atoms with Gasteiger partial charge in [0.1, 0.15) is 5.58 Å². The van der Waals surface area contributed by atoms with Crippen LogP contribution in [0.5, 0.6) is 0 Å². The number of amides is 2. The Bertz CT molecular complexity index is 1020. The molecule has 1 heterocycles. The molecule has 0 saturated heterocycles. The number of furan rings is 1. The number of nitrogens with one attached hydrogen (secondary N) is 2. The van der Waals surface area contributed by atoms with Gasteiger partial charge in [-0.3, -0.25) is 9.59 Å². The molecule has 2 N–H and O–H groups in total. The van der Waals surface area contributed by atoms with E-state index in [9.17, 15) is 14.4 Å². The van der Waals surface area contributed by atoms with Gasteiger partial charge in [-0.25, -0.2) is 4.79 Å².